The molecule has 0 unspecified atom stereocenters. The second-order valence-corrected chi connectivity index (χ2v) is 6.61. The Kier molecular flexibility index (Phi) is 4.10. The van der Waals surface area contributed by atoms with Gasteiger partial charge in [0.2, 0.25) is 0 Å². The summed E-state index contributed by atoms with van der Waals surface area (Å²) in [4.78, 5) is 0. The van der Waals surface area contributed by atoms with E-state index < -0.39 is 0 Å². The normalized spacial score (nSPS) is 10.8. The predicted octanol–water partition coefficient (Wildman–Crippen LogP) is 4.82. The number of aromatic nitrogens is 2. The molecule has 1 heterocycles. The zero-order chi connectivity index (χ0) is 14.8. The van der Waals surface area contributed by atoms with Crippen LogP contribution in [0.2, 0.25) is 0 Å². The van der Waals surface area contributed by atoms with Crippen molar-refractivity contribution in [3.8, 4) is 11.1 Å². The Morgan fingerprint density at radius 3 is 2.71 bits per heavy atom. The molecule has 0 aliphatic rings. The molecule has 0 bridgehead atoms. The van der Waals surface area contributed by atoms with Crippen LogP contribution in [0.3, 0.4) is 0 Å². The van der Waals surface area contributed by atoms with Gasteiger partial charge in [-0.05, 0) is 65.3 Å². The van der Waals surface area contributed by atoms with Gasteiger partial charge in [0.05, 0.1) is 12.7 Å². The molecule has 2 aromatic carbocycles. The summed E-state index contributed by atoms with van der Waals surface area (Å²) in [5.41, 5.74) is 6.31. The zero-order valence-electron chi connectivity index (χ0n) is 12.2. The third kappa shape index (κ3) is 3.35. The second-order valence-electron chi connectivity index (χ2n) is 5.37. The molecule has 3 aromatic rings. The van der Waals surface area contributed by atoms with Gasteiger partial charge in [-0.3, -0.25) is 4.68 Å². The van der Waals surface area contributed by atoms with E-state index in [-0.39, 0.29) is 0 Å². The van der Waals surface area contributed by atoms with Crippen LogP contribution in [0.5, 0.6) is 0 Å². The Morgan fingerprint density at radius 1 is 1.05 bits per heavy atom. The van der Waals surface area contributed by atoms with Crippen molar-refractivity contribution in [1.82, 2.24) is 9.78 Å². The van der Waals surface area contributed by atoms with Crippen molar-refractivity contribution in [3.63, 3.8) is 0 Å². The maximum Gasteiger partial charge on any atom is 0.0662 e. The molecule has 106 valence electrons. The minimum absolute atomic E-state index is 0.817. The van der Waals surface area contributed by atoms with E-state index >= 15 is 0 Å². The molecule has 0 saturated heterocycles. The highest BCUT2D eigenvalue weighted by Gasteiger charge is 2.05. The van der Waals surface area contributed by atoms with Crippen molar-refractivity contribution in [1.29, 1.82) is 0 Å². The molecular formula is C18H17IN2. The Morgan fingerprint density at radius 2 is 1.90 bits per heavy atom. The number of aryl methyl sites for hydroxylation is 2. The maximum absolute atomic E-state index is 4.50. The molecular weight excluding hydrogens is 371 g/mol. The van der Waals surface area contributed by atoms with Gasteiger partial charge in [0.25, 0.3) is 0 Å². The molecule has 0 aliphatic carbocycles. The molecule has 0 saturated carbocycles. The molecule has 0 amide bonds. The molecule has 0 N–H and O–H groups in total. The Hall–Kier alpha value is -1.62. The lowest BCUT2D eigenvalue weighted by Gasteiger charge is -2.07. The molecule has 3 heteroatoms. The molecule has 0 spiro atoms. The quantitative estimate of drug-likeness (QED) is 0.589. The minimum atomic E-state index is 0.817. The van der Waals surface area contributed by atoms with Crippen molar-refractivity contribution >= 4 is 22.6 Å². The average Bonchev–Trinajstić information content (AvgIpc) is 2.91. The molecule has 0 radical (unpaired) electrons. The lowest BCUT2D eigenvalue weighted by atomic mass is 10.1. The molecule has 0 fully saturated rings. The third-order valence-corrected chi connectivity index (χ3v) is 4.30. The first-order valence-electron chi connectivity index (χ1n) is 6.96. The number of hydrogen-bond donors (Lipinski definition) is 0. The van der Waals surface area contributed by atoms with E-state index in [2.05, 4.69) is 90.2 Å². The molecule has 21 heavy (non-hydrogen) atoms. The fourth-order valence-corrected chi connectivity index (χ4v) is 2.96. The van der Waals surface area contributed by atoms with Gasteiger partial charge in [-0.15, -0.1) is 0 Å². The summed E-state index contributed by atoms with van der Waals surface area (Å²) in [6, 6.07) is 15.1. The average molecular weight is 388 g/mol. The summed E-state index contributed by atoms with van der Waals surface area (Å²) in [6.07, 6.45) is 4.06. The monoisotopic (exact) mass is 388 g/mol. The highest BCUT2D eigenvalue weighted by molar-refractivity contribution is 14.1. The third-order valence-electron chi connectivity index (χ3n) is 3.63. The van der Waals surface area contributed by atoms with Gasteiger partial charge in [0, 0.05) is 15.3 Å². The fourth-order valence-electron chi connectivity index (χ4n) is 2.41. The van der Waals surface area contributed by atoms with Crippen molar-refractivity contribution in [2.24, 2.45) is 0 Å². The summed E-state index contributed by atoms with van der Waals surface area (Å²) in [5, 5.41) is 4.50. The number of hydrogen-bond acceptors (Lipinski definition) is 1. The van der Waals surface area contributed by atoms with Gasteiger partial charge < -0.3 is 0 Å². The lowest BCUT2D eigenvalue weighted by molar-refractivity contribution is 0.684. The smallest absolute Gasteiger partial charge is 0.0662 e. The van der Waals surface area contributed by atoms with Crippen LogP contribution in [0.4, 0.5) is 0 Å². The van der Waals surface area contributed by atoms with E-state index in [4.69, 9.17) is 0 Å². The molecule has 0 atom stereocenters. The first kappa shape index (κ1) is 14.3. The van der Waals surface area contributed by atoms with Gasteiger partial charge >= 0.3 is 0 Å². The van der Waals surface area contributed by atoms with Crippen molar-refractivity contribution in [3.05, 3.63) is 75.1 Å². The van der Waals surface area contributed by atoms with Gasteiger partial charge in [-0.2, -0.15) is 5.10 Å². The fraction of sp³-hybridized carbons (Fsp3) is 0.167. The minimum Gasteiger partial charge on any atom is -0.268 e. The zero-order valence-corrected chi connectivity index (χ0v) is 14.3. The van der Waals surface area contributed by atoms with E-state index in [1.807, 2.05) is 10.9 Å². The summed E-state index contributed by atoms with van der Waals surface area (Å²) in [7, 11) is 0. The van der Waals surface area contributed by atoms with Crippen LogP contribution in [0.15, 0.2) is 54.9 Å². The van der Waals surface area contributed by atoms with Gasteiger partial charge in [-0.1, -0.05) is 35.9 Å². The van der Waals surface area contributed by atoms with Crippen LogP contribution in [-0.4, -0.2) is 9.78 Å². The topological polar surface area (TPSA) is 17.8 Å². The number of halogens is 1. The maximum atomic E-state index is 4.50. The standard InChI is InChI=1S/C18H17IN2/c1-13-6-7-14(2)16(8-13)11-21-12-17(10-20-21)15-4-3-5-18(19)9-15/h3-10,12H,11H2,1-2H3. The summed E-state index contributed by atoms with van der Waals surface area (Å²) < 4.78 is 3.25. The van der Waals surface area contributed by atoms with E-state index in [1.165, 1.54) is 31.4 Å². The Labute approximate surface area is 139 Å². The largest absolute Gasteiger partial charge is 0.268 e. The Bertz CT molecular complexity index is 774. The summed E-state index contributed by atoms with van der Waals surface area (Å²) in [6.45, 7) is 5.10. The van der Waals surface area contributed by atoms with Gasteiger partial charge in [0.15, 0.2) is 0 Å². The van der Waals surface area contributed by atoms with E-state index in [9.17, 15) is 0 Å². The summed E-state index contributed by atoms with van der Waals surface area (Å²) in [5.74, 6) is 0. The highest BCUT2D eigenvalue weighted by atomic mass is 127. The van der Waals surface area contributed by atoms with Crippen molar-refractivity contribution in [2.45, 2.75) is 20.4 Å². The first-order chi connectivity index (χ1) is 10.1. The van der Waals surface area contributed by atoms with Crippen LogP contribution in [0, 0.1) is 17.4 Å². The SMILES string of the molecule is Cc1ccc(C)c(Cn2cc(-c3cccc(I)c3)cn2)c1. The van der Waals surface area contributed by atoms with Crippen LogP contribution in [0.25, 0.3) is 11.1 Å². The molecule has 2 nitrogen and oxygen atoms in total. The number of nitrogens with zero attached hydrogens (tertiary/aromatic N) is 2. The van der Waals surface area contributed by atoms with E-state index in [0.717, 1.165) is 6.54 Å². The van der Waals surface area contributed by atoms with Crippen LogP contribution in [0.1, 0.15) is 16.7 Å². The van der Waals surface area contributed by atoms with Crippen LogP contribution in [-0.2, 0) is 6.54 Å². The van der Waals surface area contributed by atoms with Crippen molar-refractivity contribution in [2.75, 3.05) is 0 Å². The van der Waals surface area contributed by atoms with Crippen LogP contribution < -0.4 is 0 Å². The molecule has 1 aromatic heterocycles. The van der Waals surface area contributed by atoms with Crippen molar-refractivity contribution < 1.29 is 0 Å². The van der Waals surface area contributed by atoms with Crippen LogP contribution >= 0.6 is 22.6 Å². The molecule has 0 aliphatic heterocycles. The lowest BCUT2D eigenvalue weighted by Crippen LogP contribution is -2.02. The van der Waals surface area contributed by atoms with Gasteiger partial charge in [-0.25, -0.2) is 0 Å². The Balaban J connectivity index is 1.87. The second kappa shape index (κ2) is 6.02. The number of benzene rings is 2. The first-order valence-corrected chi connectivity index (χ1v) is 8.04. The number of rotatable bonds is 3. The highest BCUT2D eigenvalue weighted by Crippen LogP contribution is 2.21. The predicted molar refractivity (Wildman–Crippen MR) is 95.4 cm³/mol. The van der Waals surface area contributed by atoms with E-state index in [0.29, 0.717) is 0 Å². The van der Waals surface area contributed by atoms with Gasteiger partial charge in [0.1, 0.15) is 0 Å². The summed E-state index contributed by atoms with van der Waals surface area (Å²) >= 11 is 2.34. The molecule has 3 rings (SSSR count). The van der Waals surface area contributed by atoms with E-state index in [1.54, 1.807) is 0 Å².